The first kappa shape index (κ1) is 21.9. The number of benzene rings is 1. The molecule has 0 aliphatic carbocycles. The minimum atomic E-state index is -0.240. The number of carbonyl (C=O) groups is 2. The van der Waals surface area contributed by atoms with Crippen LogP contribution >= 0.6 is 11.3 Å². The van der Waals surface area contributed by atoms with Gasteiger partial charge in [-0.3, -0.25) is 9.59 Å². The van der Waals surface area contributed by atoms with Gasteiger partial charge in [-0.2, -0.15) is 0 Å². The molecule has 1 aromatic heterocycles. The summed E-state index contributed by atoms with van der Waals surface area (Å²) in [5, 5.41) is 5.74. The van der Waals surface area contributed by atoms with Gasteiger partial charge in [-0.15, -0.1) is 11.3 Å². The van der Waals surface area contributed by atoms with Crippen LogP contribution < -0.4 is 14.8 Å². The summed E-state index contributed by atoms with van der Waals surface area (Å²) in [7, 11) is 3.20. The Morgan fingerprint density at radius 2 is 2.13 bits per heavy atom. The number of anilines is 2. The van der Waals surface area contributed by atoms with Crippen LogP contribution in [0.4, 0.5) is 10.8 Å². The predicted octanol–water partition coefficient (Wildman–Crippen LogP) is 3.25. The molecule has 0 spiro atoms. The molecule has 1 unspecified atom stereocenters. The van der Waals surface area contributed by atoms with Gasteiger partial charge in [0, 0.05) is 24.5 Å². The van der Waals surface area contributed by atoms with Crippen molar-refractivity contribution in [3.8, 4) is 11.5 Å². The van der Waals surface area contributed by atoms with Crippen molar-refractivity contribution >= 4 is 34.0 Å². The van der Waals surface area contributed by atoms with Crippen molar-refractivity contribution in [1.29, 1.82) is 0 Å². The number of amides is 1. The van der Waals surface area contributed by atoms with E-state index in [1.807, 2.05) is 23.6 Å². The molecule has 0 radical (unpaired) electrons. The average Bonchev–Trinajstić information content (AvgIpc) is 3.20. The molecule has 1 atom stereocenters. The number of likely N-dealkylation sites (tertiary alicyclic amines) is 1. The monoisotopic (exact) mass is 433 g/mol. The summed E-state index contributed by atoms with van der Waals surface area (Å²) in [5.74, 6) is 0.881. The topological polar surface area (TPSA) is 90.0 Å². The van der Waals surface area contributed by atoms with Crippen molar-refractivity contribution in [3.05, 3.63) is 29.3 Å². The molecule has 1 fully saturated rings. The predicted molar refractivity (Wildman–Crippen MR) is 115 cm³/mol. The van der Waals surface area contributed by atoms with Crippen LogP contribution in [0.25, 0.3) is 0 Å². The number of rotatable bonds is 8. The van der Waals surface area contributed by atoms with E-state index in [1.54, 1.807) is 26.0 Å². The Hall–Kier alpha value is -2.81. The lowest BCUT2D eigenvalue weighted by Gasteiger charge is -2.31. The smallest absolute Gasteiger partial charge is 0.310 e. The van der Waals surface area contributed by atoms with Crippen molar-refractivity contribution in [1.82, 2.24) is 9.88 Å². The fraction of sp³-hybridized carbons (Fsp3) is 0.476. The quantitative estimate of drug-likeness (QED) is 0.639. The van der Waals surface area contributed by atoms with Crippen LogP contribution in [0.15, 0.2) is 23.6 Å². The molecule has 1 aromatic carbocycles. The van der Waals surface area contributed by atoms with Crippen LogP contribution in [0.2, 0.25) is 0 Å². The summed E-state index contributed by atoms with van der Waals surface area (Å²) in [5.41, 5.74) is 1.42. The molecule has 8 nitrogen and oxygen atoms in total. The summed E-state index contributed by atoms with van der Waals surface area (Å²) in [6, 6.07) is 5.46. The number of piperidine rings is 1. The molecule has 1 saturated heterocycles. The zero-order chi connectivity index (χ0) is 21.5. The highest BCUT2D eigenvalue weighted by Crippen LogP contribution is 2.32. The maximum Gasteiger partial charge on any atom is 0.310 e. The van der Waals surface area contributed by atoms with Crippen LogP contribution in [0.5, 0.6) is 11.5 Å². The first-order valence-corrected chi connectivity index (χ1v) is 10.8. The molecule has 1 amide bonds. The third-order valence-electron chi connectivity index (χ3n) is 4.93. The van der Waals surface area contributed by atoms with Gasteiger partial charge >= 0.3 is 5.97 Å². The Morgan fingerprint density at radius 1 is 1.30 bits per heavy atom. The highest BCUT2D eigenvalue weighted by Gasteiger charge is 2.29. The molecule has 2 aromatic rings. The summed E-state index contributed by atoms with van der Waals surface area (Å²) in [6.45, 7) is 3.22. The SMILES string of the molecule is CCOC(=O)C1CCCN(C(=O)Cc2csc(Nc3cc(OC)ccc3OC)n2)C1. The van der Waals surface area contributed by atoms with E-state index in [0.29, 0.717) is 42.0 Å². The number of aromatic nitrogens is 1. The third-order valence-corrected chi connectivity index (χ3v) is 5.73. The van der Waals surface area contributed by atoms with Gasteiger partial charge < -0.3 is 24.4 Å². The molecule has 1 aliphatic rings. The Morgan fingerprint density at radius 3 is 2.87 bits per heavy atom. The number of nitrogens with zero attached hydrogens (tertiary/aromatic N) is 2. The number of hydrogen-bond donors (Lipinski definition) is 1. The maximum atomic E-state index is 12.7. The van der Waals surface area contributed by atoms with E-state index in [9.17, 15) is 9.59 Å². The first-order chi connectivity index (χ1) is 14.5. The van der Waals surface area contributed by atoms with Crippen molar-refractivity contribution < 1.29 is 23.8 Å². The summed E-state index contributed by atoms with van der Waals surface area (Å²) >= 11 is 1.41. The molecule has 0 bridgehead atoms. The van der Waals surface area contributed by atoms with Gasteiger partial charge in [0.2, 0.25) is 5.91 Å². The van der Waals surface area contributed by atoms with Crippen LogP contribution in [0.1, 0.15) is 25.5 Å². The lowest BCUT2D eigenvalue weighted by Crippen LogP contribution is -2.43. The summed E-state index contributed by atoms with van der Waals surface area (Å²) < 4.78 is 15.7. The number of nitrogens with one attached hydrogen (secondary N) is 1. The standard InChI is InChI=1S/C21H27N3O5S/c1-4-29-20(26)14-6-5-9-24(12-14)19(25)10-15-13-30-21(22-15)23-17-11-16(27-2)7-8-18(17)28-3/h7-8,11,13-14H,4-6,9-10,12H2,1-3H3,(H,22,23). The Bertz CT molecular complexity index is 885. The fourth-order valence-electron chi connectivity index (χ4n) is 3.40. The molecule has 3 rings (SSSR count). The third kappa shape index (κ3) is 5.41. The average molecular weight is 434 g/mol. The first-order valence-electron chi connectivity index (χ1n) is 9.91. The van der Waals surface area contributed by atoms with E-state index in [-0.39, 0.29) is 24.2 Å². The van der Waals surface area contributed by atoms with Crippen LogP contribution in [0.3, 0.4) is 0 Å². The van der Waals surface area contributed by atoms with Crippen LogP contribution in [0, 0.1) is 5.92 Å². The number of ether oxygens (including phenoxy) is 3. The highest BCUT2D eigenvalue weighted by atomic mass is 32.1. The molecule has 9 heteroatoms. The van der Waals surface area contributed by atoms with E-state index in [1.165, 1.54) is 11.3 Å². The van der Waals surface area contributed by atoms with Crippen molar-refractivity contribution in [3.63, 3.8) is 0 Å². The Kier molecular flexibility index (Phi) is 7.51. The van der Waals surface area contributed by atoms with Gasteiger partial charge in [-0.1, -0.05) is 0 Å². The van der Waals surface area contributed by atoms with E-state index >= 15 is 0 Å². The minimum absolute atomic E-state index is 0.0280. The second-order valence-corrected chi connectivity index (χ2v) is 7.80. The Labute approximate surface area is 180 Å². The van der Waals surface area contributed by atoms with Crippen molar-refractivity contribution in [2.24, 2.45) is 5.92 Å². The molecule has 0 saturated carbocycles. The zero-order valence-electron chi connectivity index (χ0n) is 17.5. The second-order valence-electron chi connectivity index (χ2n) is 6.94. The van der Waals surface area contributed by atoms with E-state index in [0.717, 1.165) is 18.5 Å². The number of hydrogen-bond acceptors (Lipinski definition) is 8. The van der Waals surface area contributed by atoms with E-state index in [2.05, 4.69) is 10.3 Å². The highest BCUT2D eigenvalue weighted by molar-refractivity contribution is 7.13. The van der Waals surface area contributed by atoms with Gasteiger partial charge in [0.1, 0.15) is 11.5 Å². The molecule has 1 N–H and O–H groups in total. The molecular weight excluding hydrogens is 406 g/mol. The van der Waals surface area contributed by atoms with Gasteiger partial charge in [0.25, 0.3) is 0 Å². The number of methoxy groups -OCH3 is 2. The summed E-state index contributed by atoms with van der Waals surface area (Å²) in [6.07, 6.45) is 1.76. The molecule has 1 aliphatic heterocycles. The fourth-order valence-corrected chi connectivity index (χ4v) is 4.12. The summed E-state index contributed by atoms with van der Waals surface area (Å²) in [4.78, 5) is 31.0. The molecule has 30 heavy (non-hydrogen) atoms. The Balaban J connectivity index is 1.61. The maximum absolute atomic E-state index is 12.7. The molecule has 162 valence electrons. The van der Waals surface area contributed by atoms with Crippen LogP contribution in [-0.2, 0) is 20.7 Å². The van der Waals surface area contributed by atoms with Gasteiger partial charge in [0.15, 0.2) is 5.13 Å². The van der Waals surface area contributed by atoms with Gasteiger partial charge in [-0.25, -0.2) is 4.98 Å². The van der Waals surface area contributed by atoms with Crippen molar-refractivity contribution in [2.45, 2.75) is 26.2 Å². The van der Waals surface area contributed by atoms with Crippen molar-refractivity contribution in [2.75, 3.05) is 39.2 Å². The largest absolute Gasteiger partial charge is 0.497 e. The van der Waals surface area contributed by atoms with Gasteiger partial charge in [-0.05, 0) is 31.9 Å². The number of carbonyl (C=O) groups excluding carboxylic acids is 2. The van der Waals surface area contributed by atoms with Crippen LogP contribution in [-0.4, -0.2) is 55.7 Å². The van der Waals surface area contributed by atoms with Gasteiger partial charge in [0.05, 0.1) is 44.5 Å². The normalized spacial score (nSPS) is 16.1. The second kappa shape index (κ2) is 10.3. The number of thiazole rings is 1. The molecular formula is C21H27N3O5S. The van der Waals surface area contributed by atoms with E-state index in [4.69, 9.17) is 14.2 Å². The minimum Gasteiger partial charge on any atom is -0.497 e. The van der Waals surface area contributed by atoms with E-state index < -0.39 is 0 Å². The molecule has 2 heterocycles. The lowest BCUT2D eigenvalue weighted by atomic mass is 9.98. The lowest BCUT2D eigenvalue weighted by molar-refractivity contribution is -0.151. The number of esters is 1. The zero-order valence-corrected chi connectivity index (χ0v) is 18.3.